The second-order valence-corrected chi connectivity index (χ2v) is 3.97. The highest BCUT2D eigenvalue weighted by atomic mass is 19.3. The van der Waals surface area contributed by atoms with Crippen molar-refractivity contribution >= 4 is 0 Å². The van der Waals surface area contributed by atoms with Gasteiger partial charge in [-0.2, -0.15) is 8.78 Å². The average molecular weight is 267 g/mol. The predicted octanol–water partition coefficient (Wildman–Crippen LogP) is 3.69. The molecule has 1 atom stereocenters. The van der Waals surface area contributed by atoms with E-state index in [-0.39, 0.29) is 17.7 Å². The molecular weight excluding hydrogens is 253 g/mol. The molecule has 1 nitrogen and oxygen atoms in total. The summed E-state index contributed by atoms with van der Waals surface area (Å²) in [5, 5.41) is 2.31. The van der Waals surface area contributed by atoms with Gasteiger partial charge in [0.15, 0.2) is 0 Å². The Morgan fingerprint density at radius 3 is 2.33 bits per heavy atom. The quantitative estimate of drug-likeness (QED) is 0.802. The average Bonchev–Trinajstić information content (AvgIpc) is 2.29. The van der Waals surface area contributed by atoms with E-state index in [0.29, 0.717) is 0 Å². The molecule has 0 aliphatic carbocycles. The van der Waals surface area contributed by atoms with E-state index in [2.05, 4.69) is 5.32 Å². The minimum atomic E-state index is -4.21. The van der Waals surface area contributed by atoms with E-state index in [1.807, 2.05) is 0 Å². The monoisotopic (exact) mass is 267 g/mol. The zero-order valence-corrected chi connectivity index (χ0v) is 9.98. The van der Waals surface area contributed by atoms with Gasteiger partial charge in [0.2, 0.25) is 0 Å². The molecular formula is C12H14F5N. The maximum atomic E-state index is 13.4. The second kappa shape index (κ2) is 5.65. The van der Waals surface area contributed by atoms with Crippen LogP contribution in [0.3, 0.4) is 0 Å². The molecule has 0 spiro atoms. The van der Waals surface area contributed by atoms with Crippen LogP contribution in [0.5, 0.6) is 0 Å². The summed E-state index contributed by atoms with van der Waals surface area (Å²) >= 11 is 0. The zero-order valence-electron chi connectivity index (χ0n) is 9.98. The topological polar surface area (TPSA) is 12.0 Å². The lowest BCUT2D eigenvalue weighted by atomic mass is 9.98. The summed E-state index contributed by atoms with van der Waals surface area (Å²) < 4.78 is 64.6. The van der Waals surface area contributed by atoms with Gasteiger partial charge < -0.3 is 5.32 Å². The smallest absolute Gasteiger partial charge is 0.305 e. The Hall–Kier alpha value is -1.17. The maximum absolute atomic E-state index is 13.4. The van der Waals surface area contributed by atoms with Crippen LogP contribution in [-0.2, 0) is 0 Å². The third-order valence-corrected chi connectivity index (χ3v) is 2.60. The molecule has 0 saturated carbocycles. The summed E-state index contributed by atoms with van der Waals surface area (Å²) in [5.74, 6) is -4.77. The Labute approximate surface area is 102 Å². The first-order chi connectivity index (χ1) is 8.30. The van der Waals surface area contributed by atoms with E-state index in [1.54, 1.807) is 0 Å². The number of rotatable bonds is 5. The Balaban J connectivity index is 3.15. The molecule has 0 amide bonds. The summed E-state index contributed by atoms with van der Waals surface area (Å²) in [4.78, 5) is 0. The van der Waals surface area contributed by atoms with E-state index < -0.39 is 24.2 Å². The van der Waals surface area contributed by atoms with Gasteiger partial charge in [-0.05, 0) is 30.7 Å². The fraction of sp³-hybridized carbons (Fsp3) is 0.500. The van der Waals surface area contributed by atoms with Crippen molar-refractivity contribution in [2.24, 2.45) is 0 Å². The second-order valence-electron chi connectivity index (χ2n) is 3.97. The minimum absolute atomic E-state index is 0.0546. The van der Waals surface area contributed by atoms with E-state index in [0.717, 1.165) is 18.2 Å². The molecule has 1 rings (SSSR count). The van der Waals surface area contributed by atoms with E-state index in [1.165, 1.54) is 13.8 Å². The van der Waals surface area contributed by atoms with Crippen molar-refractivity contribution in [3.05, 3.63) is 35.1 Å². The largest absolute Gasteiger partial charge is 0.326 e. The van der Waals surface area contributed by atoms with E-state index >= 15 is 0 Å². The van der Waals surface area contributed by atoms with Crippen molar-refractivity contribution in [1.82, 2.24) is 5.32 Å². The fourth-order valence-electron chi connectivity index (χ4n) is 1.65. The number of aryl methyl sites for hydroxylation is 1. The number of benzene rings is 1. The first kappa shape index (κ1) is 14.9. The molecule has 0 saturated heterocycles. The number of alkyl halides is 4. The van der Waals surface area contributed by atoms with Crippen LogP contribution in [0.4, 0.5) is 22.0 Å². The molecule has 0 fully saturated rings. The summed E-state index contributed by atoms with van der Waals surface area (Å²) in [5.41, 5.74) is 0.0847. The predicted molar refractivity (Wildman–Crippen MR) is 58.5 cm³/mol. The Bertz CT molecular complexity index is 405. The van der Waals surface area contributed by atoms with Crippen molar-refractivity contribution in [2.75, 3.05) is 6.54 Å². The van der Waals surface area contributed by atoms with Gasteiger partial charge in [0.05, 0.1) is 0 Å². The Morgan fingerprint density at radius 2 is 1.89 bits per heavy atom. The molecule has 0 aromatic heterocycles. The van der Waals surface area contributed by atoms with Gasteiger partial charge in [0, 0.05) is 0 Å². The number of hydrogen-bond donors (Lipinski definition) is 1. The van der Waals surface area contributed by atoms with Gasteiger partial charge in [-0.15, -0.1) is 0 Å². The van der Waals surface area contributed by atoms with Gasteiger partial charge in [-0.3, -0.25) is 0 Å². The highest BCUT2D eigenvalue weighted by molar-refractivity contribution is 5.28. The lowest BCUT2D eigenvalue weighted by Crippen LogP contribution is -2.42. The van der Waals surface area contributed by atoms with Crippen LogP contribution >= 0.6 is 0 Å². The third-order valence-electron chi connectivity index (χ3n) is 2.60. The lowest BCUT2D eigenvalue weighted by molar-refractivity contribution is -0.151. The summed E-state index contributed by atoms with van der Waals surface area (Å²) in [6, 6.07) is 1.41. The van der Waals surface area contributed by atoms with Crippen LogP contribution < -0.4 is 5.32 Å². The van der Waals surface area contributed by atoms with Crippen molar-refractivity contribution in [2.45, 2.75) is 32.2 Å². The minimum Gasteiger partial charge on any atom is -0.305 e. The molecule has 1 N–H and O–H groups in total. The molecule has 1 unspecified atom stereocenters. The first-order valence-corrected chi connectivity index (χ1v) is 5.46. The molecule has 0 heterocycles. The number of halogens is 5. The highest BCUT2D eigenvalue weighted by Gasteiger charge is 2.49. The van der Waals surface area contributed by atoms with Crippen molar-refractivity contribution in [3.8, 4) is 0 Å². The molecule has 6 heteroatoms. The van der Waals surface area contributed by atoms with Crippen molar-refractivity contribution < 1.29 is 22.0 Å². The normalized spacial score (nSPS) is 14.0. The van der Waals surface area contributed by atoms with Gasteiger partial charge in [0.1, 0.15) is 11.9 Å². The van der Waals surface area contributed by atoms with Crippen LogP contribution in [0.2, 0.25) is 0 Å². The van der Waals surface area contributed by atoms with Crippen LogP contribution in [-0.4, -0.2) is 18.9 Å². The molecule has 0 aliphatic rings. The molecule has 18 heavy (non-hydrogen) atoms. The molecule has 0 bridgehead atoms. The van der Waals surface area contributed by atoms with Gasteiger partial charge in [-0.25, -0.2) is 13.2 Å². The lowest BCUT2D eigenvalue weighted by Gasteiger charge is -2.27. The molecule has 0 aliphatic heterocycles. The highest BCUT2D eigenvalue weighted by Crippen LogP contribution is 2.36. The standard InChI is InChI=1S/C12H14F5N/c1-3-18-10(12(16,17)11(14)15)8-4-5-9(13)7(2)6-8/h4-6,10-11,18H,3H2,1-2H3. The summed E-state index contributed by atoms with van der Waals surface area (Å²) in [7, 11) is 0. The van der Waals surface area contributed by atoms with Gasteiger partial charge in [-0.1, -0.05) is 19.1 Å². The number of hydrogen-bond acceptors (Lipinski definition) is 1. The summed E-state index contributed by atoms with van der Waals surface area (Å²) in [6.07, 6.45) is -3.79. The molecule has 1 aromatic rings. The molecule has 1 aromatic carbocycles. The molecule has 0 radical (unpaired) electrons. The van der Waals surface area contributed by atoms with E-state index in [9.17, 15) is 22.0 Å². The van der Waals surface area contributed by atoms with Crippen LogP contribution in [0.15, 0.2) is 18.2 Å². The fourth-order valence-corrected chi connectivity index (χ4v) is 1.65. The van der Waals surface area contributed by atoms with Crippen molar-refractivity contribution in [3.63, 3.8) is 0 Å². The van der Waals surface area contributed by atoms with Crippen LogP contribution in [0, 0.1) is 12.7 Å². The van der Waals surface area contributed by atoms with Crippen molar-refractivity contribution in [1.29, 1.82) is 0 Å². The third kappa shape index (κ3) is 2.98. The van der Waals surface area contributed by atoms with E-state index in [4.69, 9.17) is 0 Å². The maximum Gasteiger partial charge on any atom is 0.326 e. The SMILES string of the molecule is CCNC(c1ccc(F)c(C)c1)C(F)(F)C(F)F. The first-order valence-electron chi connectivity index (χ1n) is 5.46. The molecule has 102 valence electrons. The Kier molecular flexibility index (Phi) is 4.67. The van der Waals surface area contributed by atoms with Crippen LogP contribution in [0.1, 0.15) is 24.1 Å². The van der Waals surface area contributed by atoms with Gasteiger partial charge >= 0.3 is 12.3 Å². The number of nitrogens with one attached hydrogen (secondary N) is 1. The summed E-state index contributed by atoms with van der Waals surface area (Å²) in [6.45, 7) is 3.02. The van der Waals surface area contributed by atoms with Crippen LogP contribution in [0.25, 0.3) is 0 Å². The van der Waals surface area contributed by atoms with Gasteiger partial charge in [0.25, 0.3) is 0 Å². The Morgan fingerprint density at radius 1 is 1.28 bits per heavy atom. The zero-order chi connectivity index (χ0) is 13.9.